The summed E-state index contributed by atoms with van der Waals surface area (Å²) in [6.45, 7) is 8.89. The standard InChI is InChI=1S/C6H13Br.C5H11Br/c1-3-6(4-2)5-7;1-3-5(2)4-6/h6H,3-5H2,1-2H3;5H,3-4H2,1-2H3. The minimum Gasteiger partial charge on any atom is -0.0925 e. The number of halogens is 2. The summed E-state index contributed by atoms with van der Waals surface area (Å²) in [6.07, 6.45) is 3.90. The van der Waals surface area contributed by atoms with Gasteiger partial charge in [-0.1, -0.05) is 78.8 Å². The molecule has 13 heavy (non-hydrogen) atoms. The SMILES string of the molecule is CCC(C)CBr.CCC(CC)CBr. The van der Waals surface area contributed by atoms with Crippen molar-refractivity contribution in [3.63, 3.8) is 0 Å². The van der Waals surface area contributed by atoms with Crippen LogP contribution in [0.3, 0.4) is 0 Å². The van der Waals surface area contributed by atoms with Crippen molar-refractivity contribution < 1.29 is 0 Å². The molecule has 0 aliphatic carbocycles. The highest BCUT2D eigenvalue weighted by Crippen LogP contribution is 2.09. The summed E-state index contributed by atoms with van der Waals surface area (Å²) >= 11 is 6.81. The van der Waals surface area contributed by atoms with Crippen molar-refractivity contribution in [1.82, 2.24) is 0 Å². The molecule has 0 aromatic heterocycles. The van der Waals surface area contributed by atoms with Crippen molar-refractivity contribution in [2.45, 2.75) is 47.0 Å². The Morgan fingerprint density at radius 3 is 1.31 bits per heavy atom. The summed E-state index contributed by atoms with van der Waals surface area (Å²) in [5.74, 6) is 1.75. The Morgan fingerprint density at radius 2 is 1.31 bits per heavy atom. The molecule has 0 rings (SSSR count). The van der Waals surface area contributed by atoms with Gasteiger partial charge in [0.15, 0.2) is 0 Å². The summed E-state index contributed by atoms with van der Waals surface area (Å²) in [7, 11) is 0. The molecule has 0 nitrogen and oxygen atoms in total. The Kier molecular flexibility index (Phi) is 16.3. The molecule has 0 radical (unpaired) electrons. The monoisotopic (exact) mass is 314 g/mol. The lowest BCUT2D eigenvalue weighted by atomic mass is 10.1. The zero-order valence-corrected chi connectivity index (χ0v) is 12.6. The maximum Gasteiger partial charge on any atom is 0.00594 e. The molecule has 0 saturated heterocycles. The van der Waals surface area contributed by atoms with E-state index in [-0.39, 0.29) is 0 Å². The van der Waals surface area contributed by atoms with Gasteiger partial charge in [0.1, 0.15) is 0 Å². The Bertz CT molecular complexity index is 70.6. The maximum atomic E-state index is 3.44. The first-order chi connectivity index (χ1) is 6.15. The zero-order chi connectivity index (χ0) is 10.7. The highest BCUT2D eigenvalue weighted by atomic mass is 79.9. The van der Waals surface area contributed by atoms with Gasteiger partial charge in [-0.05, 0) is 11.8 Å². The molecule has 0 aliphatic heterocycles. The van der Waals surface area contributed by atoms with Crippen LogP contribution in [0, 0.1) is 11.8 Å². The lowest BCUT2D eigenvalue weighted by Gasteiger charge is -2.04. The third-order valence-electron chi connectivity index (χ3n) is 2.33. The first-order valence-corrected chi connectivity index (χ1v) is 7.52. The van der Waals surface area contributed by atoms with E-state index in [0.717, 1.165) is 17.2 Å². The van der Waals surface area contributed by atoms with Crippen LogP contribution >= 0.6 is 31.9 Å². The van der Waals surface area contributed by atoms with Crippen LogP contribution in [0.1, 0.15) is 47.0 Å². The summed E-state index contributed by atoms with van der Waals surface area (Å²) in [6, 6.07) is 0. The van der Waals surface area contributed by atoms with E-state index >= 15 is 0 Å². The molecule has 0 saturated carbocycles. The Morgan fingerprint density at radius 1 is 0.846 bits per heavy atom. The molecule has 0 spiro atoms. The lowest BCUT2D eigenvalue weighted by molar-refractivity contribution is 0.557. The van der Waals surface area contributed by atoms with Gasteiger partial charge in [-0.3, -0.25) is 0 Å². The van der Waals surface area contributed by atoms with Crippen LogP contribution in [0.5, 0.6) is 0 Å². The van der Waals surface area contributed by atoms with E-state index in [1.54, 1.807) is 0 Å². The molecule has 0 heterocycles. The third kappa shape index (κ3) is 13.0. The van der Waals surface area contributed by atoms with Crippen LogP contribution in [-0.2, 0) is 0 Å². The smallest absolute Gasteiger partial charge is 0.00594 e. The second kappa shape index (κ2) is 13.0. The van der Waals surface area contributed by atoms with Gasteiger partial charge >= 0.3 is 0 Å². The quantitative estimate of drug-likeness (QED) is 0.608. The summed E-state index contributed by atoms with van der Waals surface area (Å²) in [5, 5.41) is 2.31. The van der Waals surface area contributed by atoms with Gasteiger partial charge in [-0.2, -0.15) is 0 Å². The first kappa shape index (κ1) is 16.4. The maximum absolute atomic E-state index is 3.44. The number of hydrogen-bond donors (Lipinski definition) is 0. The van der Waals surface area contributed by atoms with E-state index in [1.807, 2.05) is 0 Å². The molecule has 1 unspecified atom stereocenters. The van der Waals surface area contributed by atoms with Crippen molar-refractivity contribution in [2.75, 3.05) is 10.7 Å². The molecule has 0 aliphatic rings. The molecule has 1 atom stereocenters. The van der Waals surface area contributed by atoms with Gasteiger partial charge < -0.3 is 0 Å². The van der Waals surface area contributed by atoms with Crippen molar-refractivity contribution in [3.05, 3.63) is 0 Å². The summed E-state index contributed by atoms with van der Waals surface area (Å²) in [4.78, 5) is 0. The largest absolute Gasteiger partial charge is 0.0925 e. The molecule has 82 valence electrons. The van der Waals surface area contributed by atoms with Crippen LogP contribution in [-0.4, -0.2) is 10.7 Å². The van der Waals surface area contributed by atoms with Crippen LogP contribution in [0.15, 0.2) is 0 Å². The van der Waals surface area contributed by atoms with Crippen molar-refractivity contribution in [2.24, 2.45) is 11.8 Å². The Hall–Kier alpha value is 0.960. The average Bonchev–Trinajstić information content (AvgIpc) is 2.20. The number of hydrogen-bond acceptors (Lipinski definition) is 0. The van der Waals surface area contributed by atoms with E-state index in [0.29, 0.717) is 0 Å². The second-order valence-electron chi connectivity index (χ2n) is 3.50. The number of rotatable bonds is 5. The zero-order valence-electron chi connectivity index (χ0n) is 9.45. The molecule has 0 aromatic carbocycles. The van der Waals surface area contributed by atoms with E-state index in [2.05, 4.69) is 59.6 Å². The van der Waals surface area contributed by atoms with Crippen LogP contribution in [0.4, 0.5) is 0 Å². The Labute approximate surface area is 101 Å². The molecular formula is C11H24Br2. The lowest BCUT2D eigenvalue weighted by Crippen LogP contribution is -1.95. The third-order valence-corrected chi connectivity index (χ3v) is 4.35. The van der Waals surface area contributed by atoms with Gasteiger partial charge in [-0.15, -0.1) is 0 Å². The fourth-order valence-corrected chi connectivity index (χ4v) is 1.99. The average molecular weight is 316 g/mol. The van der Waals surface area contributed by atoms with Gasteiger partial charge in [0, 0.05) is 10.7 Å². The molecule has 0 aromatic rings. The fraction of sp³-hybridized carbons (Fsp3) is 1.00. The van der Waals surface area contributed by atoms with Gasteiger partial charge in [-0.25, -0.2) is 0 Å². The molecule has 0 bridgehead atoms. The van der Waals surface area contributed by atoms with Gasteiger partial charge in [0.25, 0.3) is 0 Å². The second-order valence-corrected chi connectivity index (χ2v) is 4.80. The van der Waals surface area contributed by atoms with E-state index in [1.165, 1.54) is 24.6 Å². The first-order valence-electron chi connectivity index (χ1n) is 5.27. The Balaban J connectivity index is 0. The van der Waals surface area contributed by atoms with E-state index in [9.17, 15) is 0 Å². The minimum atomic E-state index is 0.852. The predicted octanol–water partition coefficient (Wildman–Crippen LogP) is 5.24. The molecule has 0 fully saturated rings. The van der Waals surface area contributed by atoms with Gasteiger partial charge in [0.05, 0.1) is 0 Å². The van der Waals surface area contributed by atoms with Crippen LogP contribution < -0.4 is 0 Å². The van der Waals surface area contributed by atoms with Gasteiger partial charge in [0.2, 0.25) is 0 Å². The number of alkyl halides is 2. The van der Waals surface area contributed by atoms with Crippen molar-refractivity contribution >= 4 is 31.9 Å². The predicted molar refractivity (Wildman–Crippen MR) is 71.1 cm³/mol. The van der Waals surface area contributed by atoms with Crippen molar-refractivity contribution in [3.8, 4) is 0 Å². The molecule has 0 N–H and O–H groups in total. The normalized spacial score (nSPS) is 12.2. The van der Waals surface area contributed by atoms with Crippen LogP contribution in [0.25, 0.3) is 0 Å². The minimum absolute atomic E-state index is 0.852. The molecular weight excluding hydrogens is 292 g/mol. The fourth-order valence-electron chi connectivity index (χ4n) is 0.616. The highest BCUT2D eigenvalue weighted by molar-refractivity contribution is 9.09. The molecule has 2 heteroatoms. The van der Waals surface area contributed by atoms with Crippen LogP contribution in [0.2, 0.25) is 0 Å². The topological polar surface area (TPSA) is 0 Å². The molecule has 0 amide bonds. The van der Waals surface area contributed by atoms with E-state index < -0.39 is 0 Å². The van der Waals surface area contributed by atoms with E-state index in [4.69, 9.17) is 0 Å². The summed E-state index contributed by atoms with van der Waals surface area (Å²) in [5.41, 5.74) is 0. The summed E-state index contributed by atoms with van der Waals surface area (Å²) < 4.78 is 0. The highest BCUT2D eigenvalue weighted by Gasteiger charge is 1.97. The van der Waals surface area contributed by atoms with Crippen molar-refractivity contribution in [1.29, 1.82) is 0 Å².